The van der Waals surface area contributed by atoms with Gasteiger partial charge in [0, 0.05) is 17.1 Å². The minimum atomic E-state index is 0.176. The van der Waals surface area contributed by atoms with Crippen LogP contribution in [0.5, 0.6) is 5.75 Å². The number of hydrogen-bond acceptors (Lipinski definition) is 6. The molecular weight excluding hydrogens is 352 g/mol. The fraction of sp³-hybridized carbons (Fsp3) is 0.0556. The zero-order valence-electron chi connectivity index (χ0n) is 13.8. The number of aromatic nitrogens is 4. The molecule has 4 N–H and O–H groups in total. The second-order valence-corrected chi connectivity index (χ2v) is 6.01. The number of hydrogen-bond donors (Lipinski definition) is 3. The Morgan fingerprint density at radius 3 is 2.88 bits per heavy atom. The molecule has 0 amide bonds. The van der Waals surface area contributed by atoms with Gasteiger partial charge < -0.3 is 15.8 Å². The maximum atomic E-state index is 6.26. The summed E-state index contributed by atoms with van der Waals surface area (Å²) in [5, 5.41) is 11.8. The molecule has 26 heavy (non-hydrogen) atoms. The number of halogens is 1. The van der Waals surface area contributed by atoms with E-state index in [-0.39, 0.29) is 5.95 Å². The summed E-state index contributed by atoms with van der Waals surface area (Å²) in [5.41, 5.74) is 9.19. The minimum absolute atomic E-state index is 0.176. The quantitative estimate of drug-likeness (QED) is 0.504. The predicted molar refractivity (Wildman–Crippen MR) is 103 cm³/mol. The number of nitrogens with one attached hydrogen (secondary N) is 2. The first-order valence-corrected chi connectivity index (χ1v) is 8.19. The third-order valence-corrected chi connectivity index (χ3v) is 4.30. The largest absolute Gasteiger partial charge is 0.495 e. The Bertz CT molecular complexity index is 1090. The van der Waals surface area contributed by atoms with Crippen molar-refractivity contribution in [2.45, 2.75) is 0 Å². The molecule has 0 aliphatic rings. The third kappa shape index (κ3) is 2.89. The summed E-state index contributed by atoms with van der Waals surface area (Å²) in [6, 6.07) is 11.3. The lowest BCUT2D eigenvalue weighted by atomic mass is 10.1. The molecule has 0 fully saturated rings. The summed E-state index contributed by atoms with van der Waals surface area (Å²) in [4.78, 5) is 8.48. The van der Waals surface area contributed by atoms with Gasteiger partial charge >= 0.3 is 0 Å². The monoisotopic (exact) mass is 366 g/mol. The second kappa shape index (κ2) is 6.53. The third-order valence-electron chi connectivity index (χ3n) is 4.01. The zero-order chi connectivity index (χ0) is 18.1. The molecule has 0 bridgehead atoms. The maximum absolute atomic E-state index is 6.26. The van der Waals surface area contributed by atoms with Crippen LogP contribution < -0.4 is 15.8 Å². The van der Waals surface area contributed by atoms with E-state index in [1.54, 1.807) is 31.6 Å². The molecule has 0 saturated carbocycles. The van der Waals surface area contributed by atoms with Crippen LogP contribution in [0.15, 0.2) is 48.8 Å². The number of nitrogens with two attached hydrogens (primary N) is 1. The van der Waals surface area contributed by atoms with E-state index >= 15 is 0 Å². The highest BCUT2D eigenvalue weighted by Gasteiger charge is 2.13. The van der Waals surface area contributed by atoms with Gasteiger partial charge in [-0.1, -0.05) is 23.7 Å². The lowest BCUT2D eigenvalue weighted by molar-refractivity contribution is 0.415. The van der Waals surface area contributed by atoms with Crippen LogP contribution in [0.3, 0.4) is 0 Å². The fourth-order valence-corrected chi connectivity index (χ4v) is 3.00. The first-order chi connectivity index (χ1) is 12.7. The number of ether oxygens (including phenoxy) is 1. The second-order valence-electron chi connectivity index (χ2n) is 5.60. The van der Waals surface area contributed by atoms with Crippen LogP contribution in [0.2, 0.25) is 5.02 Å². The molecule has 0 aliphatic heterocycles. The Hall–Kier alpha value is -3.32. The molecule has 130 valence electrons. The van der Waals surface area contributed by atoms with Crippen LogP contribution in [0, 0.1) is 0 Å². The smallest absolute Gasteiger partial charge is 0.221 e. The van der Waals surface area contributed by atoms with Gasteiger partial charge in [-0.05, 0) is 29.8 Å². The maximum Gasteiger partial charge on any atom is 0.221 e. The number of H-pyrrole nitrogens is 1. The van der Waals surface area contributed by atoms with Crippen LogP contribution >= 0.6 is 11.6 Å². The molecule has 0 aliphatic carbocycles. The van der Waals surface area contributed by atoms with Gasteiger partial charge in [-0.3, -0.25) is 5.10 Å². The van der Waals surface area contributed by atoms with E-state index in [0.29, 0.717) is 16.6 Å². The molecule has 0 atom stereocenters. The molecule has 7 nitrogen and oxygen atoms in total. The van der Waals surface area contributed by atoms with Gasteiger partial charge in [0.05, 0.1) is 29.5 Å². The van der Waals surface area contributed by atoms with E-state index in [9.17, 15) is 0 Å². The number of nitrogens with zero attached hydrogens (tertiary/aromatic N) is 3. The molecule has 0 radical (unpaired) electrons. The molecule has 4 aromatic rings. The number of fused-ring (bicyclic) bond motifs is 1. The average molecular weight is 367 g/mol. The van der Waals surface area contributed by atoms with Crippen molar-refractivity contribution in [1.82, 2.24) is 20.2 Å². The van der Waals surface area contributed by atoms with Gasteiger partial charge in [0.2, 0.25) is 5.95 Å². The summed E-state index contributed by atoms with van der Waals surface area (Å²) < 4.78 is 5.21. The van der Waals surface area contributed by atoms with Crippen molar-refractivity contribution >= 4 is 40.0 Å². The van der Waals surface area contributed by atoms with Crippen molar-refractivity contribution in [3.05, 3.63) is 53.8 Å². The van der Waals surface area contributed by atoms with Crippen molar-refractivity contribution in [1.29, 1.82) is 0 Å². The number of anilines is 3. The highest BCUT2D eigenvalue weighted by molar-refractivity contribution is 6.32. The van der Waals surface area contributed by atoms with Gasteiger partial charge in [0.15, 0.2) is 0 Å². The SMILES string of the molecule is COc1ccc(-c2cnc(N)nc2Nc2cccc3[nH]ncc23)cc1Cl. The first-order valence-electron chi connectivity index (χ1n) is 7.81. The number of benzene rings is 2. The molecule has 4 rings (SSSR count). The lowest BCUT2D eigenvalue weighted by Gasteiger charge is -2.13. The number of aromatic amines is 1. The van der Waals surface area contributed by atoms with Crippen molar-refractivity contribution < 1.29 is 4.74 Å². The molecule has 2 aromatic heterocycles. The lowest BCUT2D eigenvalue weighted by Crippen LogP contribution is -2.02. The standard InChI is InChI=1S/C18H15ClN6O/c1-26-16-6-5-10(7-13(16)19)11-8-21-18(20)24-17(11)23-14-3-2-4-15-12(14)9-22-25-15/h2-9H,1H3,(H,22,25)(H3,20,21,23,24). The van der Waals surface area contributed by atoms with E-state index in [2.05, 4.69) is 25.5 Å². The zero-order valence-corrected chi connectivity index (χ0v) is 14.6. The van der Waals surface area contributed by atoms with Gasteiger partial charge in [-0.2, -0.15) is 10.1 Å². The van der Waals surface area contributed by atoms with Crippen LogP contribution in [0.1, 0.15) is 0 Å². The fourth-order valence-electron chi connectivity index (χ4n) is 2.74. The van der Waals surface area contributed by atoms with E-state index in [4.69, 9.17) is 22.1 Å². The topological polar surface area (TPSA) is 102 Å². The minimum Gasteiger partial charge on any atom is -0.495 e. The number of methoxy groups -OCH3 is 1. The van der Waals surface area contributed by atoms with Crippen molar-refractivity contribution in [2.75, 3.05) is 18.2 Å². The summed E-state index contributed by atoms with van der Waals surface area (Å²) in [6.45, 7) is 0. The molecular formula is C18H15ClN6O. The molecule has 0 saturated heterocycles. The van der Waals surface area contributed by atoms with E-state index in [1.807, 2.05) is 24.3 Å². The first kappa shape index (κ1) is 16.2. The van der Waals surface area contributed by atoms with E-state index in [1.165, 1.54) is 0 Å². The summed E-state index contributed by atoms with van der Waals surface area (Å²) >= 11 is 6.26. The van der Waals surface area contributed by atoms with Crippen LogP contribution in [-0.4, -0.2) is 27.3 Å². The van der Waals surface area contributed by atoms with Crippen LogP contribution in [0.25, 0.3) is 22.0 Å². The predicted octanol–water partition coefficient (Wildman–Crippen LogP) is 4.01. The highest BCUT2D eigenvalue weighted by Crippen LogP contribution is 2.35. The normalized spacial score (nSPS) is 10.8. The summed E-state index contributed by atoms with van der Waals surface area (Å²) in [5.74, 6) is 1.35. The Balaban J connectivity index is 1.80. The molecule has 0 spiro atoms. The molecule has 0 unspecified atom stereocenters. The molecule has 8 heteroatoms. The average Bonchev–Trinajstić information content (AvgIpc) is 3.12. The highest BCUT2D eigenvalue weighted by atomic mass is 35.5. The molecule has 2 aromatic carbocycles. The Kier molecular flexibility index (Phi) is 4.06. The van der Waals surface area contributed by atoms with E-state index < -0.39 is 0 Å². The van der Waals surface area contributed by atoms with Gasteiger partial charge in [0.1, 0.15) is 11.6 Å². The van der Waals surface area contributed by atoms with E-state index in [0.717, 1.165) is 27.7 Å². The van der Waals surface area contributed by atoms with Gasteiger partial charge in [-0.25, -0.2) is 4.98 Å². The molecule has 2 heterocycles. The van der Waals surface area contributed by atoms with Crippen molar-refractivity contribution in [3.63, 3.8) is 0 Å². The summed E-state index contributed by atoms with van der Waals surface area (Å²) in [6.07, 6.45) is 3.42. The van der Waals surface area contributed by atoms with Crippen LogP contribution in [-0.2, 0) is 0 Å². The Labute approximate surface area is 154 Å². The van der Waals surface area contributed by atoms with Gasteiger partial charge in [0.25, 0.3) is 0 Å². The van der Waals surface area contributed by atoms with Crippen LogP contribution in [0.4, 0.5) is 17.5 Å². The Morgan fingerprint density at radius 2 is 2.08 bits per heavy atom. The van der Waals surface area contributed by atoms with Crippen molar-refractivity contribution in [2.24, 2.45) is 0 Å². The Morgan fingerprint density at radius 1 is 1.19 bits per heavy atom. The van der Waals surface area contributed by atoms with Gasteiger partial charge in [-0.15, -0.1) is 0 Å². The number of nitrogen functional groups attached to an aromatic ring is 1. The summed E-state index contributed by atoms with van der Waals surface area (Å²) in [7, 11) is 1.58. The van der Waals surface area contributed by atoms with Crippen molar-refractivity contribution in [3.8, 4) is 16.9 Å². The number of rotatable bonds is 4.